The van der Waals surface area contributed by atoms with Gasteiger partial charge in [0.15, 0.2) is 9.84 Å². The number of ether oxygens (including phenoxy) is 2. The lowest BCUT2D eigenvalue weighted by molar-refractivity contribution is 0.215. The molecule has 0 amide bonds. The Bertz CT molecular complexity index is 728. The summed E-state index contributed by atoms with van der Waals surface area (Å²) < 4.78 is 48.1. The van der Waals surface area contributed by atoms with Gasteiger partial charge in [0.25, 0.3) is 0 Å². The first-order valence-corrected chi connectivity index (χ1v) is 13.9. The molecule has 1 N–H and O–H groups in total. The maximum absolute atomic E-state index is 14.0. The van der Waals surface area contributed by atoms with Crippen molar-refractivity contribution in [3.63, 3.8) is 0 Å². The van der Waals surface area contributed by atoms with Crippen LogP contribution in [-0.4, -0.2) is 39.2 Å². The molecule has 7 heteroatoms. The van der Waals surface area contributed by atoms with Crippen molar-refractivity contribution in [2.24, 2.45) is 5.92 Å². The molecule has 196 valence electrons. The maximum Gasteiger partial charge on any atom is 0.165 e. The van der Waals surface area contributed by atoms with Crippen molar-refractivity contribution in [1.29, 1.82) is 5.41 Å². The number of nitrogens with one attached hydrogen (secondary N) is 1. The van der Waals surface area contributed by atoms with Gasteiger partial charge in [-0.25, -0.2) is 12.8 Å². The number of hydrogen-bond acceptors (Lipinski definition) is 5. The minimum absolute atomic E-state index is 0.0928. The summed E-state index contributed by atoms with van der Waals surface area (Å²) in [6.45, 7) is 20.1. The van der Waals surface area contributed by atoms with Crippen LogP contribution in [0.15, 0.2) is 18.2 Å². The van der Waals surface area contributed by atoms with Crippen LogP contribution in [0.5, 0.6) is 5.75 Å². The van der Waals surface area contributed by atoms with Crippen molar-refractivity contribution in [1.82, 2.24) is 0 Å². The van der Waals surface area contributed by atoms with Gasteiger partial charge in [0, 0.05) is 25.0 Å². The Morgan fingerprint density at radius 3 is 1.97 bits per heavy atom. The molecule has 1 aromatic carbocycles. The molecular formula is C26H50FNO4S. The fourth-order valence-electron chi connectivity index (χ4n) is 2.25. The zero-order valence-electron chi connectivity index (χ0n) is 23.0. The van der Waals surface area contributed by atoms with E-state index in [1.165, 1.54) is 32.0 Å². The molecule has 2 rings (SSSR count). The van der Waals surface area contributed by atoms with E-state index in [0.29, 0.717) is 24.7 Å². The molecule has 0 heterocycles. The molecule has 1 fully saturated rings. The van der Waals surface area contributed by atoms with Crippen molar-refractivity contribution < 1.29 is 22.3 Å². The largest absolute Gasteiger partial charge is 0.493 e. The number of benzene rings is 1. The highest BCUT2D eigenvalue weighted by Crippen LogP contribution is 2.31. The van der Waals surface area contributed by atoms with E-state index >= 15 is 0 Å². The number of hydrogen-bond donors (Lipinski definition) is 1. The summed E-state index contributed by atoms with van der Waals surface area (Å²) in [5.41, 5.74) is 0.217. The summed E-state index contributed by atoms with van der Waals surface area (Å²) in [6, 6.07) is 4.22. The van der Waals surface area contributed by atoms with Crippen LogP contribution in [0.1, 0.15) is 94.1 Å². The number of methoxy groups -OCH3 is 1. The molecule has 0 atom stereocenters. The van der Waals surface area contributed by atoms with Gasteiger partial charge in [0.1, 0.15) is 16.3 Å². The Morgan fingerprint density at radius 2 is 1.58 bits per heavy atom. The molecule has 33 heavy (non-hydrogen) atoms. The van der Waals surface area contributed by atoms with Crippen LogP contribution in [0.25, 0.3) is 0 Å². The third kappa shape index (κ3) is 13.7. The first-order valence-electron chi connectivity index (χ1n) is 12.3. The van der Waals surface area contributed by atoms with Crippen LogP contribution in [0.2, 0.25) is 0 Å². The lowest BCUT2D eigenvalue weighted by atomic mass is 10.1. The molecule has 0 radical (unpaired) electrons. The van der Waals surface area contributed by atoms with Gasteiger partial charge in [-0.05, 0) is 64.2 Å². The van der Waals surface area contributed by atoms with Gasteiger partial charge >= 0.3 is 0 Å². The molecule has 0 aromatic heterocycles. The molecule has 0 spiro atoms. The van der Waals surface area contributed by atoms with Crippen LogP contribution in [0.4, 0.5) is 4.39 Å². The Labute approximate surface area is 203 Å². The van der Waals surface area contributed by atoms with E-state index in [4.69, 9.17) is 10.1 Å². The number of sulfone groups is 1. The highest BCUT2D eigenvalue weighted by molar-refractivity contribution is 7.92. The fraction of sp³-hybridized carbons (Fsp3) is 0.731. The maximum atomic E-state index is 14.0. The molecule has 0 saturated heterocycles. The summed E-state index contributed by atoms with van der Waals surface area (Å²) in [6.07, 6.45) is 2.64. The van der Waals surface area contributed by atoms with Gasteiger partial charge in [-0.15, -0.1) is 0 Å². The predicted octanol–water partition coefficient (Wildman–Crippen LogP) is 7.47. The molecule has 0 unspecified atom stereocenters. The van der Waals surface area contributed by atoms with Crippen molar-refractivity contribution in [3.05, 3.63) is 29.6 Å². The quantitative estimate of drug-likeness (QED) is 0.363. The van der Waals surface area contributed by atoms with Crippen LogP contribution < -0.4 is 4.74 Å². The van der Waals surface area contributed by atoms with E-state index < -0.39 is 26.2 Å². The Hall–Kier alpha value is -1.47. The van der Waals surface area contributed by atoms with E-state index in [2.05, 4.69) is 4.74 Å². The summed E-state index contributed by atoms with van der Waals surface area (Å²) in [4.78, 5) is 0. The Balaban J connectivity index is -0.000000780. The summed E-state index contributed by atoms with van der Waals surface area (Å²) in [7, 11) is -2.02. The third-order valence-electron chi connectivity index (χ3n) is 4.69. The van der Waals surface area contributed by atoms with Crippen molar-refractivity contribution in [3.8, 4) is 5.75 Å². The predicted molar refractivity (Wildman–Crippen MR) is 141 cm³/mol. The van der Waals surface area contributed by atoms with Gasteiger partial charge in [-0.3, -0.25) is 0 Å². The summed E-state index contributed by atoms with van der Waals surface area (Å²) in [5, 5.41) is 7.88. The topological polar surface area (TPSA) is 76.5 Å². The van der Waals surface area contributed by atoms with Gasteiger partial charge in [0.2, 0.25) is 0 Å². The van der Waals surface area contributed by atoms with E-state index in [9.17, 15) is 12.8 Å². The fourth-order valence-corrected chi connectivity index (χ4v) is 3.76. The Kier molecular flexibility index (Phi) is 21.8. The van der Waals surface area contributed by atoms with Crippen molar-refractivity contribution in [2.45, 2.75) is 99.0 Å². The van der Waals surface area contributed by atoms with Gasteiger partial charge < -0.3 is 14.9 Å². The first kappa shape index (κ1) is 36.1. The lowest BCUT2D eigenvalue weighted by Gasteiger charge is -2.25. The SMILES string of the molecule is CC.CC.CC.CCC(=N)C(C)(C)S(=O)(=O)Cc1cc(OCC2CC2)ccc1F.CCOC. The minimum Gasteiger partial charge on any atom is -0.493 e. The molecule has 1 saturated carbocycles. The summed E-state index contributed by atoms with van der Waals surface area (Å²) >= 11 is 0. The monoisotopic (exact) mass is 491 g/mol. The molecule has 5 nitrogen and oxygen atoms in total. The average Bonchev–Trinajstić information content (AvgIpc) is 3.67. The smallest absolute Gasteiger partial charge is 0.165 e. The van der Waals surface area contributed by atoms with Crippen molar-refractivity contribution >= 4 is 15.5 Å². The number of rotatable bonds is 9. The molecule has 1 aromatic rings. The molecular weight excluding hydrogens is 441 g/mol. The minimum atomic E-state index is -3.70. The average molecular weight is 492 g/mol. The second-order valence-electron chi connectivity index (χ2n) is 7.19. The Morgan fingerprint density at radius 1 is 1.09 bits per heavy atom. The van der Waals surface area contributed by atoms with E-state index in [0.717, 1.165) is 19.4 Å². The van der Waals surface area contributed by atoms with Gasteiger partial charge in [-0.1, -0.05) is 48.5 Å². The van der Waals surface area contributed by atoms with Crippen LogP contribution in [0.3, 0.4) is 0 Å². The highest BCUT2D eigenvalue weighted by atomic mass is 32.2. The molecule has 0 bridgehead atoms. The normalized spacial score (nSPS) is 12.2. The van der Waals surface area contributed by atoms with E-state index in [-0.39, 0.29) is 11.3 Å². The third-order valence-corrected chi connectivity index (χ3v) is 7.18. The van der Waals surface area contributed by atoms with E-state index in [1.807, 2.05) is 48.5 Å². The second-order valence-corrected chi connectivity index (χ2v) is 9.73. The zero-order chi connectivity index (χ0) is 26.7. The first-order chi connectivity index (χ1) is 15.6. The molecule has 1 aliphatic rings. The van der Waals surface area contributed by atoms with E-state index in [1.54, 1.807) is 14.0 Å². The zero-order valence-corrected chi connectivity index (χ0v) is 23.8. The molecule has 0 aliphatic heterocycles. The highest BCUT2D eigenvalue weighted by Gasteiger charge is 2.38. The van der Waals surface area contributed by atoms with Crippen LogP contribution >= 0.6 is 0 Å². The summed E-state index contributed by atoms with van der Waals surface area (Å²) in [5.74, 6) is 0.0590. The standard InChI is InChI=1S/C17H24FNO3S.C3H8O.3C2H6/c1-4-16(19)17(2,3)23(20,21)11-13-9-14(7-8-15(13)18)22-10-12-5-6-12;1-3-4-2;3*1-2/h7-9,12,19H,4-6,10-11H2,1-3H3;3H2,1-2H3;3*1-2H3. The van der Waals surface area contributed by atoms with Gasteiger partial charge in [0.05, 0.1) is 12.4 Å². The lowest BCUT2D eigenvalue weighted by Crippen LogP contribution is -2.40. The van der Waals surface area contributed by atoms with Crippen molar-refractivity contribution in [2.75, 3.05) is 20.3 Å². The molecule has 1 aliphatic carbocycles. The van der Waals surface area contributed by atoms with Crippen LogP contribution in [-0.2, 0) is 20.3 Å². The van der Waals surface area contributed by atoms with Crippen LogP contribution in [0, 0.1) is 17.1 Å². The van der Waals surface area contributed by atoms with Gasteiger partial charge in [-0.2, -0.15) is 0 Å². The second kappa shape index (κ2) is 20.0. The number of halogens is 1.